The number of hydrogen-bond acceptors (Lipinski definition) is 9. The molecule has 3 aromatic carbocycles. The molecule has 5 aromatic rings. The second-order valence-corrected chi connectivity index (χ2v) is 9.91. The molecule has 2 heterocycles. The molecule has 0 bridgehead atoms. The molecule has 13 heteroatoms. The Morgan fingerprint density at radius 3 is 2.57 bits per heavy atom. The number of aliphatic hydroxyl groups is 1. The average Bonchev–Trinajstić information content (AvgIpc) is 3.58. The van der Waals surface area contributed by atoms with Crippen molar-refractivity contribution in [2.75, 3.05) is 18.5 Å². The van der Waals surface area contributed by atoms with Crippen LogP contribution in [0.4, 0.5) is 10.5 Å². The van der Waals surface area contributed by atoms with E-state index in [-0.39, 0.29) is 19.1 Å². The smallest absolute Gasteiger partial charge is 0.411 e. The molecule has 0 aliphatic heterocycles. The van der Waals surface area contributed by atoms with Crippen LogP contribution in [0.15, 0.2) is 97.5 Å². The highest BCUT2D eigenvalue weighted by Gasteiger charge is 2.18. The fourth-order valence-electron chi connectivity index (χ4n) is 4.35. The summed E-state index contributed by atoms with van der Waals surface area (Å²) in [5.41, 5.74) is 5.02. The Balaban J connectivity index is 1.36. The quantitative estimate of drug-likeness (QED) is 0.184. The first-order valence-electron chi connectivity index (χ1n) is 13.5. The number of halogens is 1. The number of benzene rings is 3. The SMILES string of the molecule is O=C(C=Cc1cc(Cl)ccc1-n1cnnn1)N[C@@H](Cc1ccccc1)c1cc(-c2ccc(NC(=O)OCCO)cc2)cnn1. The zero-order valence-corrected chi connectivity index (χ0v) is 24.0. The van der Waals surface area contributed by atoms with Crippen molar-refractivity contribution in [1.29, 1.82) is 0 Å². The third-order valence-electron chi connectivity index (χ3n) is 6.42. The lowest BCUT2D eigenvalue weighted by Gasteiger charge is -2.18. The van der Waals surface area contributed by atoms with Gasteiger partial charge in [-0.05, 0) is 70.4 Å². The predicted molar refractivity (Wildman–Crippen MR) is 164 cm³/mol. The zero-order valence-electron chi connectivity index (χ0n) is 23.2. The van der Waals surface area contributed by atoms with Gasteiger partial charge in [-0.3, -0.25) is 10.1 Å². The number of carbonyl (C=O) groups is 2. The number of ether oxygens (including phenoxy) is 1. The molecular weight excluding hydrogens is 584 g/mol. The van der Waals surface area contributed by atoms with E-state index in [0.717, 1.165) is 16.7 Å². The summed E-state index contributed by atoms with van der Waals surface area (Å²) in [5, 5.41) is 34.8. The molecule has 0 saturated carbocycles. The maximum Gasteiger partial charge on any atom is 0.411 e. The molecule has 2 aromatic heterocycles. The van der Waals surface area contributed by atoms with Crippen molar-refractivity contribution in [3.05, 3.63) is 119 Å². The first-order chi connectivity index (χ1) is 21.5. The topological polar surface area (TPSA) is 157 Å². The first-order valence-corrected chi connectivity index (χ1v) is 13.9. The lowest BCUT2D eigenvalue weighted by atomic mass is 10.00. The van der Waals surface area contributed by atoms with Gasteiger partial charge in [0.05, 0.1) is 30.2 Å². The average molecular weight is 611 g/mol. The van der Waals surface area contributed by atoms with E-state index in [1.807, 2.05) is 48.5 Å². The van der Waals surface area contributed by atoms with E-state index in [0.29, 0.717) is 34.1 Å². The van der Waals surface area contributed by atoms with Gasteiger partial charge in [-0.15, -0.1) is 5.10 Å². The van der Waals surface area contributed by atoms with Gasteiger partial charge in [0.15, 0.2) is 0 Å². The summed E-state index contributed by atoms with van der Waals surface area (Å²) in [7, 11) is 0. The lowest BCUT2D eigenvalue weighted by Crippen LogP contribution is -2.29. The minimum absolute atomic E-state index is 0.0891. The van der Waals surface area contributed by atoms with E-state index < -0.39 is 12.1 Å². The fraction of sp³-hybridized carbons (Fsp3) is 0.129. The van der Waals surface area contributed by atoms with Gasteiger partial charge < -0.3 is 15.2 Å². The normalized spacial score (nSPS) is 11.7. The zero-order chi connectivity index (χ0) is 30.7. The Morgan fingerprint density at radius 2 is 1.82 bits per heavy atom. The van der Waals surface area contributed by atoms with Crippen molar-refractivity contribution in [3.63, 3.8) is 0 Å². The van der Waals surface area contributed by atoms with Crippen LogP contribution in [0.5, 0.6) is 0 Å². The molecule has 12 nitrogen and oxygen atoms in total. The number of amides is 2. The van der Waals surface area contributed by atoms with Crippen molar-refractivity contribution >= 4 is 35.4 Å². The number of tetrazole rings is 1. The Hall–Kier alpha value is -5.46. The van der Waals surface area contributed by atoms with Gasteiger partial charge in [-0.25, -0.2) is 4.79 Å². The van der Waals surface area contributed by atoms with Crippen molar-refractivity contribution in [3.8, 4) is 16.8 Å². The number of nitrogens with zero attached hydrogens (tertiary/aromatic N) is 6. The molecule has 44 heavy (non-hydrogen) atoms. The molecular formula is C31H27ClN8O4. The van der Waals surface area contributed by atoms with Crippen LogP contribution in [-0.2, 0) is 16.0 Å². The number of aliphatic hydroxyl groups excluding tert-OH is 1. The third kappa shape index (κ3) is 8.09. The van der Waals surface area contributed by atoms with Crippen LogP contribution in [0, 0.1) is 0 Å². The maximum atomic E-state index is 13.2. The fourth-order valence-corrected chi connectivity index (χ4v) is 4.53. The molecule has 0 unspecified atom stereocenters. The van der Waals surface area contributed by atoms with Gasteiger partial charge in [-0.2, -0.15) is 14.9 Å². The van der Waals surface area contributed by atoms with E-state index in [4.69, 9.17) is 21.4 Å². The van der Waals surface area contributed by atoms with Crippen LogP contribution in [0.2, 0.25) is 5.02 Å². The number of hydrogen-bond donors (Lipinski definition) is 3. The predicted octanol–water partition coefficient (Wildman–Crippen LogP) is 4.43. The summed E-state index contributed by atoms with van der Waals surface area (Å²) in [6, 6.07) is 23.4. The molecule has 0 spiro atoms. The van der Waals surface area contributed by atoms with Crippen LogP contribution in [-0.4, -0.2) is 60.7 Å². The molecule has 0 saturated heterocycles. The van der Waals surface area contributed by atoms with Crippen molar-refractivity contribution < 1.29 is 19.4 Å². The Bertz CT molecular complexity index is 1730. The van der Waals surface area contributed by atoms with Crippen LogP contribution in [0.25, 0.3) is 22.9 Å². The van der Waals surface area contributed by atoms with Crippen molar-refractivity contribution in [1.82, 2.24) is 35.7 Å². The second-order valence-electron chi connectivity index (χ2n) is 9.47. The molecule has 2 amide bonds. The van der Waals surface area contributed by atoms with Crippen LogP contribution >= 0.6 is 11.6 Å². The number of anilines is 1. The molecule has 0 aliphatic carbocycles. The van der Waals surface area contributed by atoms with Crippen LogP contribution in [0.3, 0.4) is 0 Å². The Morgan fingerprint density at radius 1 is 1.00 bits per heavy atom. The van der Waals surface area contributed by atoms with Crippen molar-refractivity contribution in [2.24, 2.45) is 0 Å². The number of nitrogens with one attached hydrogen (secondary N) is 2. The summed E-state index contributed by atoms with van der Waals surface area (Å²) < 4.78 is 6.32. The molecule has 0 radical (unpaired) electrons. The molecule has 3 N–H and O–H groups in total. The maximum absolute atomic E-state index is 13.2. The second kappa shape index (κ2) is 14.6. The van der Waals surface area contributed by atoms with Gasteiger partial charge >= 0.3 is 6.09 Å². The number of aromatic nitrogens is 6. The summed E-state index contributed by atoms with van der Waals surface area (Å²) in [6.07, 6.45) is 5.98. The highest BCUT2D eigenvalue weighted by molar-refractivity contribution is 6.30. The summed E-state index contributed by atoms with van der Waals surface area (Å²) in [6.45, 7) is -0.343. The summed E-state index contributed by atoms with van der Waals surface area (Å²) in [4.78, 5) is 25.0. The van der Waals surface area contributed by atoms with E-state index in [9.17, 15) is 9.59 Å². The minimum atomic E-state index is -0.657. The van der Waals surface area contributed by atoms with E-state index in [2.05, 4.69) is 36.4 Å². The van der Waals surface area contributed by atoms with Gasteiger partial charge in [0.1, 0.15) is 12.9 Å². The number of rotatable bonds is 11. The van der Waals surface area contributed by atoms with Gasteiger partial charge in [0.25, 0.3) is 0 Å². The molecule has 222 valence electrons. The molecule has 5 rings (SSSR count). The summed E-state index contributed by atoms with van der Waals surface area (Å²) >= 11 is 6.22. The third-order valence-corrected chi connectivity index (χ3v) is 6.65. The minimum Gasteiger partial charge on any atom is -0.447 e. The van der Waals surface area contributed by atoms with Crippen LogP contribution in [0.1, 0.15) is 22.9 Å². The highest BCUT2D eigenvalue weighted by atomic mass is 35.5. The lowest BCUT2D eigenvalue weighted by molar-refractivity contribution is -0.117. The van der Waals surface area contributed by atoms with E-state index in [1.165, 1.54) is 17.1 Å². The largest absolute Gasteiger partial charge is 0.447 e. The molecule has 1 atom stereocenters. The Kier molecular flexibility index (Phi) is 9.98. The first kappa shape index (κ1) is 30.0. The molecule has 0 fully saturated rings. The van der Waals surface area contributed by atoms with E-state index in [1.54, 1.807) is 42.6 Å². The van der Waals surface area contributed by atoms with Gasteiger partial charge in [-0.1, -0.05) is 54.1 Å². The van der Waals surface area contributed by atoms with E-state index >= 15 is 0 Å². The van der Waals surface area contributed by atoms with Gasteiger partial charge in [0.2, 0.25) is 5.91 Å². The van der Waals surface area contributed by atoms with Crippen molar-refractivity contribution in [2.45, 2.75) is 12.5 Å². The van der Waals surface area contributed by atoms with Crippen LogP contribution < -0.4 is 10.6 Å². The molecule has 0 aliphatic rings. The standard InChI is InChI=1S/C31H27ClN8O4/c32-25-9-12-29(40-20-34-38-39-40)23(17-25)8-13-30(42)36-27(16-21-4-2-1-3-5-21)28-18-24(19-33-37-28)22-6-10-26(11-7-22)35-31(43)44-15-14-41/h1-13,17-20,27,41H,14-16H2,(H,35,43)(H,36,42)/t27-/m0/s1. The Labute approximate surface area is 257 Å². The van der Waals surface area contributed by atoms with Gasteiger partial charge in [0, 0.05) is 27.9 Å². The highest BCUT2D eigenvalue weighted by Crippen LogP contribution is 2.25. The monoisotopic (exact) mass is 610 g/mol. The summed E-state index contributed by atoms with van der Waals surface area (Å²) in [5.74, 6) is -0.343. The number of carbonyl (C=O) groups excluding carboxylic acids is 2.